The van der Waals surface area contributed by atoms with Crippen LogP contribution in [0.15, 0.2) is 133 Å². The molecule has 0 unspecified atom stereocenters. The SMILES string of the molecule is Cc1cc2c3c(c1)N(c1ccc(C(C)(C)C)cc1)c1c(sc4cc5ccccc5cc14)B3c1c(sc3cc4ccccc4cc13)N2c1ccc(C(C)(C)C)cc1. The van der Waals surface area contributed by atoms with Gasteiger partial charge in [-0.05, 0) is 133 Å². The highest BCUT2D eigenvalue weighted by molar-refractivity contribution is 7.35. The van der Waals surface area contributed by atoms with Crippen molar-refractivity contribution < 1.29 is 0 Å². The number of aryl methyl sites for hydroxylation is 1. The minimum atomic E-state index is 0.0663. The van der Waals surface area contributed by atoms with Crippen LogP contribution in [0.5, 0.6) is 0 Å². The zero-order valence-corrected chi connectivity index (χ0v) is 34.6. The van der Waals surface area contributed by atoms with Crippen LogP contribution in [0.3, 0.4) is 0 Å². The van der Waals surface area contributed by atoms with Crippen LogP contribution in [0.25, 0.3) is 41.7 Å². The van der Waals surface area contributed by atoms with E-state index in [-0.39, 0.29) is 17.5 Å². The van der Waals surface area contributed by atoms with E-state index in [1.165, 1.54) is 108 Å². The molecule has 0 spiro atoms. The molecule has 0 atom stereocenters. The predicted octanol–water partition coefficient (Wildman–Crippen LogP) is 13.4. The molecule has 2 aliphatic heterocycles. The Balaban J connectivity index is 1.27. The van der Waals surface area contributed by atoms with Crippen molar-refractivity contribution >= 4 is 120 Å². The van der Waals surface area contributed by atoms with Gasteiger partial charge < -0.3 is 9.80 Å². The molecule has 0 radical (unpaired) electrons. The fraction of sp³-hybridized carbons (Fsp3) is 0.176. The highest BCUT2D eigenvalue weighted by atomic mass is 32.1. The van der Waals surface area contributed by atoms with Crippen molar-refractivity contribution in [1.29, 1.82) is 0 Å². The van der Waals surface area contributed by atoms with Crippen LogP contribution in [0.4, 0.5) is 33.4 Å². The first-order valence-corrected chi connectivity index (χ1v) is 21.4. The molecule has 2 aromatic heterocycles. The van der Waals surface area contributed by atoms with E-state index >= 15 is 0 Å². The molecular weight excluding hydrogens is 716 g/mol. The summed E-state index contributed by atoms with van der Waals surface area (Å²) < 4.78 is 4.09. The van der Waals surface area contributed by atoms with Crippen molar-refractivity contribution in [3.8, 4) is 0 Å². The third-order valence-electron chi connectivity index (χ3n) is 12.1. The van der Waals surface area contributed by atoms with Gasteiger partial charge in [-0.1, -0.05) is 114 Å². The molecule has 11 rings (SSSR count). The molecule has 0 saturated heterocycles. The van der Waals surface area contributed by atoms with E-state index in [2.05, 4.69) is 192 Å². The van der Waals surface area contributed by atoms with Crippen LogP contribution >= 0.6 is 22.7 Å². The quantitative estimate of drug-likeness (QED) is 0.162. The predicted molar refractivity (Wildman–Crippen MR) is 248 cm³/mol. The number of benzene rings is 7. The van der Waals surface area contributed by atoms with Crippen molar-refractivity contribution in [3.05, 3.63) is 150 Å². The number of hydrogen-bond donors (Lipinski definition) is 0. The maximum Gasteiger partial charge on any atom is 0.266 e. The number of hydrogen-bond acceptors (Lipinski definition) is 4. The van der Waals surface area contributed by atoms with Crippen LogP contribution in [-0.4, -0.2) is 6.71 Å². The Morgan fingerprint density at radius 2 is 0.946 bits per heavy atom. The summed E-state index contributed by atoms with van der Waals surface area (Å²) >= 11 is 3.94. The summed E-state index contributed by atoms with van der Waals surface area (Å²) in [7, 11) is 0. The molecule has 2 aliphatic rings. The van der Waals surface area contributed by atoms with E-state index in [9.17, 15) is 0 Å². The first-order chi connectivity index (χ1) is 26.9. The standard InChI is InChI=1S/C51H43BN2S2/c1-30-24-41-46-42(25-30)54(38-22-18-36(19-23-38)51(5,6)7)49-45(39-26-31-12-8-10-14-33(31)28-43(39)56-49)52(46)48-47(53(41)37-20-16-35(17-21-37)50(2,3)4)40-27-32-13-9-11-15-34(32)29-44(40)55-48/h8-29H,1-7H3. The van der Waals surface area contributed by atoms with Crippen LogP contribution in [0.1, 0.15) is 58.2 Å². The second kappa shape index (κ2) is 11.8. The fourth-order valence-electron chi connectivity index (χ4n) is 9.26. The lowest BCUT2D eigenvalue weighted by atomic mass is 9.36. The van der Waals surface area contributed by atoms with Crippen LogP contribution in [-0.2, 0) is 10.8 Å². The summed E-state index contributed by atoms with van der Waals surface area (Å²) in [4.78, 5) is 5.19. The highest BCUT2D eigenvalue weighted by Crippen LogP contribution is 2.51. The molecule has 0 aliphatic carbocycles. The van der Waals surface area contributed by atoms with Gasteiger partial charge in [0.25, 0.3) is 6.71 Å². The van der Waals surface area contributed by atoms with E-state index in [0.29, 0.717) is 0 Å². The van der Waals surface area contributed by atoms with E-state index in [1.807, 2.05) is 22.7 Å². The topological polar surface area (TPSA) is 6.48 Å². The Labute approximate surface area is 337 Å². The van der Waals surface area contributed by atoms with Gasteiger partial charge in [-0.25, -0.2) is 0 Å². The molecular formula is C51H43BN2S2. The van der Waals surface area contributed by atoms with Crippen molar-refractivity contribution in [2.75, 3.05) is 9.80 Å². The molecule has 7 aromatic carbocycles. The Morgan fingerprint density at radius 3 is 1.48 bits per heavy atom. The molecule has 272 valence electrons. The number of thiophene rings is 2. The molecule has 0 bridgehead atoms. The first kappa shape index (κ1) is 33.9. The van der Waals surface area contributed by atoms with Crippen molar-refractivity contribution in [3.63, 3.8) is 0 Å². The Hall–Kier alpha value is -5.36. The second-order valence-corrected chi connectivity index (χ2v) is 20.1. The van der Waals surface area contributed by atoms with Crippen molar-refractivity contribution in [2.45, 2.75) is 59.3 Å². The zero-order valence-electron chi connectivity index (χ0n) is 33.0. The average molecular weight is 759 g/mol. The van der Waals surface area contributed by atoms with Gasteiger partial charge in [0, 0.05) is 42.3 Å². The van der Waals surface area contributed by atoms with E-state index in [4.69, 9.17) is 0 Å². The average Bonchev–Trinajstić information content (AvgIpc) is 3.73. The largest absolute Gasteiger partial charge is 0.310 e. The summed E-state index contributed by atoms with van der Waals surface area (Å²) in [6.07, 6.45) is 0. The summed E-state index contributed by atoms with van der Waals surface area (Å²) in [6.45, 7) is 16.2. The minimum Gasteiger partial charge on any atom is -0.310 e. The van der Waals surface area contributed by atoms with Crippen LogP contribution < -0.4 is 25.5 Å². The number of fused-ring (bicyclic) bond motifs is 10. The Kier molecular flexibility index (Phi) is 7.17. The molecule has 0 amide bonds. The molecule has 0 fully saturated rings. The summed E-state index contributed by atoms with van der Waals surface area (Å²) in [5.74, 6) is 0. The van der Waals surface area contributed by atoms with Gasteiger partial charge in [0.2, 0.25) is 0 Å². The normalized spacial score (nSPS) is 13.9. The summed E-state index contributed by atoms with van der Waals surface area (Å²) in [5.41, 5.74) is 13.2. The third-order valence-corrected chi connectivity index (χ3v) is 14.5. The highest BCUT2D eigenvalue weighted by Gasteiger charge is 2.47. The van der Waals surface area contributed by atoms with Gasteiger partial charge in [0.1, 0.15) is 0 Å². The third kappa shape index (κ3) is 5.00. The van der Waals surface area contributed by atoms with E-state index in [1.54, 1.807) is 0 Å². The van der Waals surface area contributed by atoms with Gasteiger partial charge in [-0.2, -0.15) is 0 Å². The maximum absolute atomic E-state index is 2.60. The lowest BCUT2D eigenvalue weighted by Gasteiger charge is -2.42. The zero-order chi connectivity index (χ0) is 38.2. The van der Waals surface area contributed by atoms with Crippen LogP contribution in [0, 0.1) is 6.92 Å². The maximum atomic E-state index is 2.60. The Bertz CT molecular complexity index is 3060. The molecule has 56 heavy (non-hydrogen) atoms. The minimum absolute atomic E-state index is 0.0663. The molecule has 0 N–H and O–H groups in total. The summed E-state index contributed by atoms with van der Waals surface area (Å²) in [6, 6.07) is 51.1. The van der Waals surface area contributed by atoms with Gasteiger partial charge in [0.05, 0.1) is 10.7 Å². The van der Waals surface area contributed by atoms with Gasteiger partial charge >= 0.3 is 0 Å². The molecule has 4 heterocycles. The van der Waals surface area contributed by atoms with Crippen molar-refractivity contribution in [1.82, 2.24) is 0 Å². The second-order valence-electron chi connectivity index (χ2n) is 17.9. The van der Waals surface area contributed by atoms with Gasteiger partial charge in [0.15, 0.2) is 0 Å². The summed E-state index contributed by atoms with van der Waals surface area (Å²) in [5, 5.41) is 9.15. The van der Waals surface area contributed by atoms with E-state index < -0.39 is 0 Å². The van der Waals surface area contributed by atoms with E-state index in [0.717, 1.165) is 0 Å². The van der Waals surface area contributed by atoms with Gasteiger partial charge in [-0.3, -0.25) is 0 Å². The number of anilines is 6. The molecule has 9 aromatic rings. The van der Waals surface area contributed by atoms with Crippen molar-refractivity contribution in [2.24, 2.45) is 0 Å². The van der Waals surface area contributed by atoms with Crippen LogP contribution in [0.2, 0.25) is 0 Å². The molecule has 5 heteroatoms. The lowest BCUT2D eigenvalue weighted by Crippen LogP contribution is -2.60. The number of rotatable bonds is 2. The first-order valence-electron chi connectivity index (χ1n) is 19.8. The Morgan fingerprint density at radius 1 is 0.482 bits per heavy atom. The smallest absolute Gasteiger partial charge is 0.266 e. The number of nitrogens with zero attached hydrogens (tertiary/aromatic N) is 2. The monoisotopic (exact) mass is 758 g/mol. The fourth-order valence-corrected chi connectivity index (χ4v) is 11.9. The van der Waals surface area contributed by atoms with Gasteiger partial charge in [-0.15, -0.1) is 22.7 Å². The molecule has 2 nitrogen and oxygen atoms in total. The molecule has 0 saturated carbocycles. The lowest BCUT2D eigenvalue weighted by molar-refractivity contribution is 0.590.